The summed E-state index contributed by atoms with van der Waals surface area (Å²) in [5.74, 6) is 0. The smallest absolute Gasteiger partial charge is 0.0628 e. The van der Waals surface area contributed by atoms with E-state index in [2.05, 4.69) is 46.1 Å². The highest BCUT2D eigenvalue weighted by Gasteiger charge is 2.24. The third-order valence-electron chi connectivity index (χ3n) is 2.68. The average Bonchev–Trinajstić information content (AvgIpc) is 2.18. The number of hydrogen-bond acceptors (Lipinski definition) is 2. The molecule has 0 N–H and O–H groups in total. The quantitative estimate of drug-likeness (QED) is 0.422. The van der Waals surface area contributed by atoms with Crippen molar-refractivity contribution in [3.05, 3.63) is 45.8 Å². The first-order valence-electron chi connectivity index (χ1n) is 5.10. The summed E-state index contributed by atoms with van der Waals surface area (Å²) in [5, 5.41) is 3.67. The minimum atomic E-state index is 0.181. The first-order valence-corrected chi connectivity index (χ1v) is 5.10. The molecule has 2 rings (SSSR count). The summed E-state index contributed by atoms with van der Waals surface area (Å²) in [7, 11) is 0. The molecule has 0 unspecified atom stereocenters. The third kappa shape index (κ3) is 2.49. The Kier molecular flexibility index (Phi) is 2.90. The second kappa shape index (κ2) is 4.34. The Morgan fingerprint density at radius 3 is 2.67 bits per heavy atom. The van der Waals surface area contributed by atoms with E-state index in [4.69, 9.17) is 5.53 Å². The molecule has 15 heavy (non-hydrogen) atoms. The summed E-state index contributed by atoms with van der Waals surface area (Å²) in [6.45, 7) is 4.82. The number of hydrogen-bond donors (Lipinski definition) is 0. The standard InChI is InChI=1S/C11H14N4/c1-9-2-4-10(5-3-9)6-15-7-11(8-15)13-14-12/h2-5,11H,6-8H2,1H3. The normalized spacial score (nSPS) is 16.9. The lowest BCUT2D eigenvalue weighted by molar-refractivity contribution is 0.142. The third-order valence-corrected chi connectivity index (χ3v) is 2.68. The number of nitrogens with zero attached hydrogens (tertiary/aromatic N) is 4. The second-order valence-electron chi connectivity index (χ2n) is 4.04. The SMILES string of the molecule is Cc1ccc(CN2CC(N=[N+]=[N-])C2)cc1. The Morgan fingerprint density at radius 1 is 1.40 bits per heavy atom. The fraction of sp³-hybridized carbons (Fsp3) is 0.455. The molecule has 0 saturated carbocycles. The topological polar surface area (TPSA) is 52.0 Å². The van der Waals surface area contributed by atoms with E-state index >= 15 is 0 Å². The predicted octanol–water partition coefficient (Wildman–Crippen LogP) is 2.49. The molecular weight excluding hydrogens is 188 g/mol. The molecule has 1 aliphatic heterocycles. The fourth-order valence-corrected chi connectivity index (χ4v) is 1.77. The van der Waals surface area contributed by atoms with Crippen LogP contribution in [0.4, 0.5) is 0 Å². The number of benzene rings is 1. The van der Waals surface area contributed by atoms with Crippen LogP contribution in [0.1, 0.15) is 11.1 Å². The Balaban J connectivity index is 1.84. The van der Waals surface area contributed by atoms with Gasteiger partial charge in [0.15, 0.2) is 0 Å². The molecule has 0 radical (unpaired) electrons. The van der Waals surface area contributed by atoms with Crippen LogP contribution in [-0.2, 0) is 6.54 Å². The zero-order valence-electron chi connectivity index (χ0n) is 8.80. The predicted molar refractivity (Wildman–Crippen MR) is 59.4 cm³/mol. The van der Waals surface area contributed by atoms with E-state index in [0.29, 0.717) is 0 Å². The van der Waals surface area contributed by atoms with Crippen LogP contribution >= 0.6 is 0 Å². The van der Waals surface area contributed by atoms with Crippen molar-refractivity contribution in [1.82, 2.24) is 4.90 Å². The number of rotatable bonds is 3. The molecule has 4 nitrogen and oxygen atoms in total. The Bertz CT molecular complexity index is 372. The van der Waals surface area contributed by atoms with Gasteiger partial charge < -0.3 is 0 Å². The van der Waals surface area contributed by atoms with E-state index in [0.717, 1.165) is 19.6 Å². The molecule has 0 spiro atoms. The van der Waals surface area contributed by atoms with Crippen LogP contribution in [0, 0.1) is 6.92 Å². The minimum absolute atomic E-state index is 0.181. The lowest BCUT2D eigenvalue weighted by Crippen LogP contribution is -2.48. The molecule has 0 aromatic heterocycles. The second-order valence-corrected chi connectivity index (χ2v) is 4.04. The maximum Gasteiger partial charge on any atom is 0.0628 e. The summed E-state index contributed by atoms with van der Waals surface area (Å²) < 4.78 is 0. The summed E-state index contributed by atoms with van der Waals surface area (Å²) in [5.41, 5.74) is 10.9. The summed E-state index contributed by atoms with van der Waals surface area (Å²) >= 11 is 0. The number of azide groups is 1. The van der Waals surface area contributed by atoms with Gasteiger partial charge in [0.2, 0.25) is 0 Å². The summed E-state index contributed by atoms with van der Waals surface area (Å²) in [6, 6.07) is 8.73. The van der Waals surface area contributed by atoms with Crippen LogP contribution in [-0.4, -0.2) is 24.0 Å². The van der Waals surface area contributed by atoms with E-state index in [1.54, 1.807) is 0 Å². The van der Waals surface area contributed by atoms with Gasteiger partial charge in [-0.15, -0.1) is 0 Å². The molecule has 0 aliphatic carbocycles. The first kappa shape index (κ1) is 10.0. The molecular formula is C11H14N4. The highest BCUT2D eigenvalue weighted by atomic mass is 15.3. The van der Waals surface area contributed by atoms with Gasteiger partial charge in [0, 0.05) is 24.5 Å². The van der Waals surface area contributed by atoms with E-state index in [1.807, 2.05) is 0 Å². The molecule has 1 saturated heterocycles. The van der Waals surface area contributed by atoms with Gasteiger partial charge in [0.25, 0.3) is 0 Å². The van der Waals surface area contributed by atoms with E-state index in [-0.39, 0.29) is 6.04 Å². The Labute approximate surface area is 89.1 Å². The van der Waals surface area contributed by atoms with Gasteiger partial charge in [-0.05, 0) is 18.0 Å². The van der Waals surface area contributed by atoms with Gasteiger partial charge in [-0.1, -0.05) is 34.9 Å². The van der Waals surface area contributed by atoms with Gasteiger partial charge in [-0.3, -0.25) is 4.90 Å². The molecule has 4 heteroatoms. The molecule has 1 heterocycles. The molecule has 78 valence electrons. The molecule has 0 bridgehead atoms. The van der Waals surface area contributed by atoms with Crippen molar-refractivity contribution in [3.63, 3.8) is 0 Å². The van der Waals surface area contributed by atoms with Gasteiger partial charge in [0.1, 0.15) is 0 Å². The van der Waals surface area contributed by atoms with Crippen molar-refractivity contribution in [3.8, 4) is 0 Å². The summed E-state index contributed by atoms with van der Waals surface area (Å²) in [4.78, 5) is 5.09. The minimum Gasteiger partial charge on any atom is -0.298 e. The van der Waals surface area contributed by atoms with Gasteiger partial charge in [-0.25, -0.2) is 0 Å². The van der Waals surface area contributed by atoms with Crippen LogP contribution < -0.4 is 0 Å². The lowest BCUT2D eigenvalue weighted by atomic mass is 10.1. The highest BCUT2D eigenvalue weighted by molar-refractivity contribution is 5.21. The Hall–Kier alpha value is -1.51. The fourth-order valence-electron chi connectivity index (χ4n) is 1.77. The van der Waals surface area contributed by atoms with Crippen molar-refractivity contribution in [2.45, 2.75) is 19.5 Å². The zero-order chi connectivity index (χ0) is 10.7. The van der Waals surface area contributed by atoms with Crippen LogP contribution in [0.2, 0.25) is 0 Å². The summed E-state index contributed by atoms with van der Waals surface area (Å²) in [6.07, 6.45) is 0. The molecule has 1 aromatic carbocycles. The van der Waals surface area contributed by atoms with Gasteiger partial charge in [-0.2, -0.15) is 0 Å². The Morgan fingerprint density at radius 2 is 2.07 bits per heavy atom. The van der Waals surface area contributed by atoms with E-state index < -0.39 is 0 Å². The van der Waals surface area contributed by atoms with Gasteiger partial charge >= 0.3 is 0 Å². The molecule has 0 amide bonds. The number of aryl methyl sites for hydroxylation is 1. The zero-order valence-corrected chi connectivity index (χ0v) is 8.80. The van der Waals surface area contributed by atoms with E-state index in [1.165, 1.54) is 11.1 Å². The first-order chi connectivity index (χ1) is 7.28. The number of likely N-dealkylation sites (tertiary alicyclic amines) is 1. The van der Waals surface area contributed by atoms with Crippen molar-refractivity contribution in [2.24, 2.45) is 5.11 Å². The maximum absolute atomic E-state index is 8.25. The molecule has 1 aromatic rings. The van der Waals surface area contributed by atoms with Crippen molar-refractivity contribution < 1.29 is 0 Å². The highest BCUT2D eigenvalue weighted by Crippen LogP contribution is 2.15. The van der Waals surface area contributed by atoms with Crippen LogP contribution in [0.3, 0.4) is 0 Å². The maximum atomic E-state index is 8.25. The molecule has 1 fully saturated rings. The van der Waals surface area contributed by atoms with Crippen LogP contribution in [0.15, 0.2) is 29.4 Å². The van der Waals surface area contributed by atoms with E-state index in [9.17, 15) is 0 Å². The molecule has 0 atom stereocenters. The van der Waals surface area contributed by atoms with Crippen molar-refractivity contribution in [1.29, 1.82) is 0 Å². The van der Waals surface area contributed by atoms with Gasteiger partial charge in [0.05, 0.1) is 6.04 Å². The largest absolute Gasteiger partial charge is 0.298 e. The van der Waals surface area contributed by atoms with Crippen LogP contribution in [0.5, 0.6) is 0 Å². The lowest BCUT2D eigenvalue weighted by Gasteiger charge is -2.36. The van der Waals surface area contributed by atoms with Crippen LogP contribution in [0.25, 0.3) is 10.4 Å². The van der Waals surface area contributed by atoms with Crippen molar-refractivity contribution in [2.75, 3.05) is 13.1 Å². The monoisotopic (exact) mass is 202 g/mol. The van der Waals surface area contributed by atoms with Crippen molar-refractivity contribution >= 4 is 0 Å². The molecule has 1 aliphatic rings. The average molecular weight is 202 g/mol.